The van der Waals surface area contributed by atoms with E-state index in [1.54, 1.807) is 6.92 Å². The molecule has 0 aromatic heterocycles. The molecule has 1 aromatic rings. The molecular weight excluding hydrogens is 282 g/mol. The highest BCUT2D eigenvalue weighted by molar-refractivity contribution is 7.91. The zero-order valence-electron chi connectivity index (χ0n) is 11.5. The Morgan fingerprint density at radius 3 is 2.68 bits per heavy atom. The molecule has 0 fully saturated rings. The summed E-state index contributed by atoms with van der Waals surface area (Å²) in [7, 11) is -0.964. The summed E-state index contributed by atoms with van der Waals surface area (Å²) in [5.41, 5.74) is 1.16. The van der Waals surface area contributed by atoms with Gasteiger partial charge in [-0.25, -0.2) is 8.42 Å². The maximum Gasteiger partial charge on any atom is 0.150 e. The van der Waals surface area contributed by atoms with Gasteiger partial charge in [0.25, 0.3) is 0 Å². The number of sulfone groups is 1. The van der Waals surface area contributed by atoms with E-state index in [1.807, 2.05) is 31.3 Å². The Labute approximate surface area is 121 Å². The first-order valence-corrected chi connectivity index (χ1v) is 8.79. The van der Waals surface area contributed by atoms with Gasteiger partial charge in [0.15, 0.2) is 0 Å². The maximum atomic E-state index is 11.5. The van der Waals surface area contributed by atoms with Gasteiger partial charge < -0.3 is 5.32 Å². The van der Waals surface area contributed by atoms with Gasteiger partial charge in [0.1, 0.15) is 9.84 Å². The summed E-state index contributed by atoms with van der Waals surface area (Å²) >= 11 is 6.00. The van der Waals surface area contributed by atoms with Gasteiger partial charge in [-0.1, -0.05) is 30.7 Å². The van der Waals surface area contributed by atoms with E-state index in [1.165, 1.54) is 0 Å². The van der Waals surface area contributed by atoms with Crippen LogP contribution in [0.3, 0.4) is 0 Å². The van der Waals surface area contributed by atoms with E-state index in [9.17, 15) is 8.42 Å². The molecule has 0 spiro atoms. The Balaban J connectivity index is 2.63. The van der Waals surface area contributed by atoms with Crippen molar-refractivity contribution in [3.63, 3.8) is 0 Å². The highest BCUT2D eigenvalue weighted by Crippen LogP contribution is 2.23. The number of nitrogens with one attached hydrogen (secondary N) is 1. The van der Waals surface area contributed by atoms with E-state index >= 15 is 0 Å². The van der Waals surface area contributed by atoms with Gasteiger partial charge in [0.05, 0.1) is 5.75 Å². The summed E-state index contributed by atoms with van der Waals surface area (Å²) in [5, 5.41) is 3.88. The Kier molecular flexibility index (Phi) is 6.83. The first kappa shape index (κ1) is 16.5. The normalized spacial score (nSPS) is 13.4. The molecule has 0 aliphatic carbocycles. The summed E-state index contributed by atoms with van der Waals surface area (Å²) < 4.78 is 23.0. The summed E-state index contributed by atoms with van der Waals surface area (Å²) in [4.78, 5) is 0. The topological polar surface area (TPSA) is 46.2 Å². The molecule has 0 aliphatic rings. The molecule has 19 heavy (non-hydrogen) atoms. The van der Waals surface area contributed by atoms with E-state index in [4.69, 9.17) is 11.6 Å². The number of hydrogen-bond acceptors (Lipinski definition) is 3. The lowest BCUT2D eigenvalue weighted by Crippen LogP contribution is -2.18. The Hall–Kier alpha value is -0.580. The second kappa shape index (κ2) is 7.88. The minimum absolute atomic E-state index is 0.223. The van der Waals surface area contributed by atoms with Crippen LogP contribution in [-0.2, 0) is 9.84 Å². The second-order valence-corrected chi connectivity index (χ2v) is 7.60. The molecule has 1 atom stereocenters. The fourth-order valence-electron chi connectivity index (χ4n) is 2.09. The molecule has 0 bridgehead atoms. The van der Waals surface area contributed by atoms with Crippen molar-refractivity contribution in [3.8, 4) is 0 Å². The molecule has 1 N–H and O–H groups in total. The van der Waals surface area contributed by atoms with Gasteiger partial charge in [0, 0.05) is 17.3 Å². The van der Waals surface area contributed by atoms with Crippen LogP contribution in [0, 0.1) is 0 Å². The molecule has 0 radical (unpaired) electrons. The fraction of sp³-hybridized carbons (Fsp3) is 0.571. The van der Waals surface area contributed by atoms with Crippen molar-refractivity contribution in [1.29, 1.82) is 0 Å². The highest BCUT2D eigenvalue weighted by atomic mass is 35.5. The monoisotopic (exact) mass is 303 g/mol. The first-order chi connectivity index (χ1) is 8.98. The summed E-state index contributed by atoms with van der Waals surface area (Å²) in [6.45, 7) is 2.52. The lowest BCUT2D eigenvalue weighted by atomic mass is 9.94. The van der Waals surface area contributed by atoms with E-state index in [0.717, 1.165) is 23.6 Å². The summed E-state index contributed by atoms with van der Waals surface area (Å²) in [6, 6.07) is 7.78. The molecule has 0 aliphatic heterocycles. The number of rotatable bonds is 8. The van der Waals surface area contributed by atoms with Crippen LogP contribution in [0.1, 0.15) is 31.2 Å². The van der Waals surface area contributed by atoms with Crippen molar-refractivity contribution in [3.05, 3.63) is 34.9 Å². The Bertz CT molecular complexity index is 488. The van der Waals surface area contributed by atoms with E-state index in [2.05, 4.69) is 5.32 Å². The third kappa shape index (κ3) is 5.93. The predicted octanol–water partition coefficient (Wildman–Crippen LogP) is 2.86. The van der Waals surface area contributed by atoms with E-state index in [0.29, 0.717) is 12.3 Å². The lowest BCUT2D eigenvalue weighted by molar-refractivity contribution is 0.562. The third-order valence-corrected chi connectivity index (χ3v) is 5.24. The standard InChI is InChI=1S/C14H22ClNO2S/c1-3-19(17,18)9-5-7-13(11-16-2)12-6-4-8-14(15)10-12/h4,6,8,10,13,16H,3,5,7,9,11H2,1-2H3. The van der Waals surface area contributed by atoms with Crippen molar-refractivity contribution in [1.82, 2.24) is 5.32 Å². The minimum Gasteiger partial charge on any atom is -0.319 e. The van der Waals surface area contributed by atoms with Crippen molar-refractivity contribution < 1.29 is 8.42 Å². The average molecular weight is 304 g/mol. The smallest absolute Gasteiger partial charge is 0.150 e. The average Bonchev–Trinajstić information content (AvgIpc) is 2.37. The third-order valence-electron chi connectivity index (χ3n) is 3.22. The zero-order valence-corrected chi connectivity index (χ0v) is 13.1. The van der Waals surface area contributed by atoms with Gasteiger partial charge in [-0.05, 0) is 43.5 Å². The van der Waals surface area contributed by atoms with Gasteiger partial charge >= 0.3 is 0 Å². The molecule has 0 amide bonds. The molecule has 5 heteroatoms. The molecule has 0 saturated carbocycles. The second-order valence-electron chi connectivity index (χ2n) is 4.69. The summed E-state index contributed by atoms with van der Waals surface area (Å²) in [6.07, 6.45) is 1.54. The van der Waals surface area contributed by atoms with Crippen molar-refractivity contribution in [2.45, 2.75) is 25.7 Å². The van der Waals surface area contributed by atoms with Crippen LogP contribution in [-0.4, -0.2) is 33.5 Å². The molecule has 108 valence electrons. The highest BCUT2D eigenvalue weighted by Gasteiger charge is 2.13. The van der Waals surface area contributed by atoms with Crippen molar-refractivity contribution in [2.75, 3.05) is 25.1 Å². The maximum absolute atomic E-state index is 11.5. The predicted molar refractivity (Wildman–Crippen MR) is 81.7 cm³/mol. The van der Waals surface area contributed by atoms with E-state index < -0.39 is 9.84 Å². The molecule has 0 heterocycles. The van der Waals surface area contributed by atoms with Crippen LogP contribution in [0.15, 0.2) is 24.3 Å². The van der Waals surface area contributed by atoms with E-state index in [-0.39, 0.29) is 11.5 Å². The summed E-state index contributed by atoms with van der Waals surface area (Å²) in [5.74, 6) is 0.793. The molecule has 1 unspecified atom stereocenters. The zero-order chi connectivity index (χ0) is 14.3. The van der Waals surface area contributed by atoms with Gasteiger partial charge in [0.2, 0.25) is 0 Å². The minimum atomic E-state index is -2.87. The quantitative estimate of drug-likeness (QED) is 0.803. The lowest BCUT2D eigenvalue weighted by Gasteiger charge is -2.17. The molecular formula is C14H22ClNO2S. The van der Waals surface area contributed by atoms with Gasteiger partial charge in [-0.15, -0.1) is 0 Å². The van der Waals surface area contributed by atoms with Crippen molar-refractivity contribution >= 4 is 21.4 Å². The Morgan fingerprint density at radius 1 is 1.37 bits per heavy atom. The number of hydrogen-bond donors (Lipinski definition) is 1. The van der Waals surface area contributed by atoms with Gasteiger partial charge in [-0.3, -0.25) is 0 Å². The largest absolute Gasteiger partial charge is 0.319 e. The van der Waals surface area contributed by atoms with Crippen LogP contribution >= 0.6 is 11.6 Å². The molecule has 0 saturated heterocycles. The number of likely N-dealkylation sites (N-methyl/N-ethyl adjacent to an activating group) is 1. The van der Waals surface area contributed by atoms with Gasteiger partial charge in [-0.2, -0.15) is 0 Å². The fourth-order valence-corrected chi connectivity index (χ4v) is 3.18. The van der Waals surface area contributed by atoms with Crippen LogP contribution in [0.25, 0.3) is 0 Å². The molecule has 3 nitrogen and oxygen atoms in total. The Morgan fingerprint density at radius 2 is 2.11 bits per heavy atom. The van der Waals surface area contributed by atoms with Crippen molar-refractivity contribution in [2.24, 2.45) is 0 Å². The number of benzene rings is 1. The first-order valence-electron chi connectivity index (χ1n) is 6.59. The van der Waals surface area contributed by atoms with Crippen LogP contribution in [0.2, 0.25) is 5.02 Å². The molecule has 1 rings (SSSR count). The molecule has 1 aromatic carbocycles. The van der Waals surface area contributed by atoms with Crippen LogP contribution in [0.5, 0.6) is 0 Å². The SMILES string of the molecule is CCS(=O)(=O)CCCC(CNC)c1cccc(Cl)c1. The number of halogens is 1. The van der Waals surface area contributed by atoms with Crippen LogP contribution < -0.4 is 5.32 Å². The van der Waals surface area contributed by atoms with Crippen LogP contribution in [0.4, 0.5) is 0 Å².